The molecule has 4 aliphatic carbocycles. The first-order valence-corrected chi connectivity index (χ1v) is 13.3. The van der Waals surface area contributed by atoms with Gasteiger partial charge in [0, 0.05) is 30.6 Å². The van der Waals surface area contributed by atoms with E-state index in [1.807, 2.05) is 0 Å². The highest BCUT2D eigenvalue weighted by Crippen LogP contribution is 2.71. The highest BCUT2D eigenvalue weighted by atomic mass is 16.7. The number of aliphatic hydroxyl groups excluding tert-OH is 1. The van der Waals surface area contributed by atoms with Crippen molar-refractivity contribution in [2.45, 2.75) is 109 Å². The van der Waals surface area contributed by atoms with Crippen molar-refractivity contribution in [2.75, 3.05) is 6.61 Å². The summed E-state index contributed by atoms with van der Waals surface area (Å²) in [5.41, 5.74) is -1.60. The Hall–Kier alpha value is -0.490. The minimum Gasteiger partial charge on any atom is -0.393 e. The predicted molar refractivity (Wildman–Crippen MR) is 120 cm³/mol. The zero-order chi connectivity index (χ0) is 22.7. The van der Waals surface area contributed by atoms with Crippen molar-refractivity contribution in [1.82, 2.24) is 0 Å². The topological polar surface area (TPSA) is 76.0 Å². The number of carbonyl (C=O) groups is 1. The highest BCUT2D eigenvalue weighted by molar-refractivity contribution is 5.89. The third kappa shape index (κ3) is 2.58. The third-order valence-corrected chi connectivity index (χ3v) is 11.9. The maximum atomic E-state index is 13.4. The van der Waals surface area contributed by atoms with Crippen LogP contribution >= 0.6 is 0 Å². The SMILES string of the molecule is CC1CCC2(OC1)OC1CC3C4CC(=O)C5(O)CC(O)CCC5(C)C4CCC3(C)C1C2C. The first-order valence-electron chi connectivity index (χ1n) is 13.3. The van der Waals surface area contributed by atoms with Crippen LogP contribution in [0.15, 0.2) is 0 Å². The number of ether oxygens (including phenoxy) is 2. The number of hydrogen-bond acceptors (Lipinski definition) is 5. The Bertz CT molecular complexity index is 804. The maximum absolute atomic E-state index is 13.4. The Morgan fingerprint density at radius 1 is 1.03 bits per heavy atom. The lowest BCUT2D eigenvalue weighted by Crippen LogP contribution is -2.67. The van der Waals surface area contributed by atoms with Crippen molar-refractivity contribution in [1.29, 1.82) is 0 Å². The van der Waals surface area contributed by atoms with E-state index in [0.717, 1.165) is 38.7 Å². The summed E-state index contributed by atoms with van der Waals surface area (Å²) in [5.74, 6) is 2.20. The summed E-state index contributed by atoms with van der Waals surface area (Å²) >= 11 is 0. The lowest BCUT2D eigenvalue weighted by atomic mass is 9.42. The monoisotopic (exact) mass is 446 g/mol. The molecule has 0 radical (unpaired) electrons. The van der Waals surface area contributed by atoms with Gasteiger partial charge in [-0.2, -0.15) is 0 Å². The van der Waals surface area contributed by atoms with Crippen LogP contribution in [0.4, 0.5) is 0 Å². The van der Waals surface area contributed by atoms with Gasteiger partial charge in [0.25, 0.3) is 0 Å². The van der Waals surface area contributed by atoms with Crippen LogP contribution in [0.5, 0.6) is 0 Å². The summed E-state index contributed by atoms with van der Waals surface area (Å²) in [6.45, 7) is 10.0. The zero-order valence-electron chi connectivity index (χ0n) is 20.3. The van der Waals surface area contributed by atoms with Crippen molar-refractivity contribution >= 4 is 5.78 Å². The van der Waals surface area contributed by atoms with Crippen molar-refractivity contribution in [2.24, 2.45) is 46.3 Å². The molecule has 2 aliphatic heterocycles. The van der Waals surface area contributed by atoms with E-state index in [4.69, 9.17) is 9.47 Å². The van der Waals surface area contributed by atoms with E-state index in [-0.39, 0.29) is 23.7 Å². The van der Waals surface area contributed by atoms with Crippen LogP contribution in [0.3, 0.4) is 0 Å². The molecule has 2 heterocycles. The molecule has 2 N–H and O–H groups in total. The Morgan fingerprint density at radius 2 is 1.81 bits per heavy atom. The molecule has 0 bridgehead atoms. The average Bonchev–Trinajstić information content (AvgIpc) is 3.18. The first kappa shape index (κ1) is 22.0. The molecule has 5 heteroatoms. The van der Waals surface area contributed by atoms with Gasteiger partial charge in [-0.3, -0.25) is 4.79 Å². The molecule has 0 aromatic carbocycles. The number of aliphatic hydroxyl groups is 2. The molecule has 0 aromatic heterocycles. The van der Waals surface area contributed by atoms with Crippen LogP contribution in [0.1, 0.15) is 85.5 Å². The third-order valence-electron chi connectivity index (χ3n) is 11.9. The largest absolute Gasteiger partial charge is 0.393 e. The van der Waals surface area contributed by atoms with E-state index >= 15 is 0 Å². The lowest BCUT2D eigenvalue weighted by Gasteiger charge is -2.63. The fourth-order valence-corrected chi connectivity index (χ4v) is 10.0. The van der Waals surface area contributed by atoms with Crippen LogP contribution in [0, 0.1) is 46.3 Å². The number of ketones is 1. The van der Waals surface area contributed by atoms with Gasteiger partial charge in [0.15, 0.2) is 11.6 Å². The van der Waals surface area contributed by atoms with Crippen molar-refractivity contribution in [3.05, 3.63) is 0 Å². The van der Waals surface area contributed by atoms with Gasteiger partial charge in [-0.25, -0.2) is 0 Å². The Balaban J connectivity index is 1.30. The van der Waals surface area contributed by atoms with E-state index in [1.54, 1.807) is 0 Å². The van der Waals surface area contributed by atoms with E-state index in [1.165, 1.54) is 6.42 Å². The minimum atomic E-state index is -1.35. The normalized spacial score (nSPS) is 61.8. The fraction of sp³-hybridized carbons (Fsp3) is 0.963. The molecule has 2 saturated heterocycles. The summed E-state index contributed by atoms with van der Waals surface area (Å²) in [7, 11) is 0. The zero-order valence-corrected chi connectivity index (χ0v) is 20.3. The van der Waals surface area contributed by atoms with E-state index < -0.39 is 22.9 Å². The number of fused-ring (bicyclic) bond motifs is 7. The van der Waals surface area contributed by atoms with Crippen LogP contribution in [-0.2, 0) is 14.3 Å². The summed E-state index contributed by atoms with van der Waals surface area (Å²) < 4.78 is 13.2. The van der Waals surface area contributed by atoms with Crippen LogP contribution in [0.2, 0.25) is 0 Å². The second-order valence-electron chi connectivity index (χ2n) is 13.2. The predicted octanol–water partition coefficient (Wildman–Crippen LogP) is 4.09. The summed E-state index contributed by atoms with van der Waals surface area (Å²) in [6.07, 6.45) is 7.21. The van der Waals surface area contributed by atoms with Gasteiger partial charge in [-0.05, 0) is 73.5 Å². The molecule has 32 heavy (non-hydrogen) atoms. The van der Waals surface area contributed by atoms with E-state index in [0.29, 0.717) is 48.3 Å². The molecule has 0 aromatic rings. The summed E-state index contributed by atoms with van der Waals surface area (Å²) in [6, 6.07) is 0. The van der Waals surface area contributed by atoms with Gasteiger partial charge in [-0.1, -0.05) is 27.7 Å². The molecule has 5 nitrogen and oxygen atoms in total. The standard InChI is InChI=1S/C27H42O5/c1-15-5-10-27(31-14-15)16(2)23-21(32-27)12-20-18-11-22(29)26(30)13-17(28)6-9-25(26,4)19(18)7-8-24(20,23)3/h15-21,23,28,30H,5-14H2,1-4H3. The fourth-order valence-electron chi connectivity index (χ4n) is 10.0. The second kappa shape index (κ2) is 6.80. The molecule has 0 amide bonds. The number of carbonyl (C=O) groups excluding carboxylic acids is 1. The van der Waals surface area contributed by atoms with Gasteiger partial charge >= 0.3 is 0 Å². The molecule has 1 spiro atoms. The van der Waals surface area contributed by atoms with Gasteiger partial charge in [-0.15, -0.1) is 0 Å². The summed E-state index contributed by atoms with van der Waals surface area (Å²) in [4.78, 5) is 13.4. The molecule has 6 rings (SSSR count). The Labute approximate surface area is 192 Å². The minimum absolute atomic E-state index is 0.0173. The van der Waals surface area contributed by atoms with E-state index in [2.05, 4.69) is 27.7 Å². The quantitative estimate of drug-likeness (QED) is 0.586. The van der Waals surface area contributed by atoms with Crippen molar-refractivity contribution in [3.63, 3.8) is 0 Å². The smallest absolute Gasteiger partial charge is 0.171 e. The molecule has 6 fully saturated rings. The molecule has 6 aliphatic rings. The Kier molecular flexibility index (Phi) is 4.68. The molecule has 12 atom stereocenters. The van der Waals surface area contributed by atoms with Crippen LogP contribution in [-0.4, -0.2) is 46.2 Å². The number of Topliss-reactive ketones (excluding diaryl/α,β-unsaturated/α-hetero) is 1. The van der Waals surface area contributed by atoms with Crippen LogP contribution in [0.25, 0.3) is 0 Å². The van der Waals surface area contributed by atoms with Gasteiger partial charge in [0.05, 0.1) is 18.8 Å². The highest BCUT2D eigenvalue weighted by Gasteiger charge is 2.72. The second-order valence-corrected chi connectivity index (χ2v) is 13.2. The summed E-state index contributed by atoms with van der Waals surface area (Å²) in [5, 5.41) is 21.8. The molecular formula is C27H42O5. The first-order chi connectivity index (χ1) is 15.0. The molecule has 180 valence electrons. The van der Waals surface area contributed by atoms with Gasteiger partial charge in [0.2, 0.25) is 0 Å². The Morgan fingerprint density at radius 3 is 2.53 bits per heavy atom. The molecule has 4 saturated carbocycles. The van der Waals surface area contributed by atoms with Gasteiger partial charge in [0.1, 0.15) is 5.60 Å². The molecule has 12 unspecified atom stereocenters. The van der Waals surface area contributed by atoms with E-state index in [9.17, 15) is 15.0 Å². The van der Waals surface area contributed by atoms with Crippen LogP contribution < -0.4 is 0 Å². The molecular weight excluding hydrogens is 404 g/mol. The number of rotatable bonds is 0. The maximum Gasteiger partial charge on any atom is 0.171 e. The number of hydrogen-bond donors (Lipinski definition) is 2. The lowest BCUT2D eigenvalue weighted by molar-refractivity contribution is -0.273. The van der Waals surface area contributed by atoms with Crippen molar-refractivity contribution in [3.8, 4) is 0 Å². The van der Waals surface area contributed by atoms with Crippen molar-refractivity contribution < 1.29 is 24.5 Å². The average molecular weight is 447 g/mol. The van der Waals surface area contributed by atoms with Gasteiger partial charge < -0.3 is 19.7 Å².